The van der Waals surface area contributed by atoms with Crippen molar-refractivity contribution in [3.63, 3.8) is 0 Å². The lowest BCUT2D eigenvalue weighted by Crippen LogP contribution is -1.90. The molecule has 0 bridgehead atoms. The largest absolute Gasteiger partial charge is 0.493 e. The Morgan fingerprint density at radius 2 is 1.65 bits per heavy atom. The fourth-order valence-electron chi connectivity index (χ4n) is 2.12. The quantitative estimate of drug-likeness (QED) is 0.715. The second-order valence-corrected chi connectivity index (χ2v) is 4.76. The molecule has 0 saturated heterocycles. The number of aromatic nitrogens is 2. The molecule has 0 aliphatic carbocycles. The summed E-state index contributed by atoms with van der Waals surface area (Å²) in [6.45, 7) is 0. The Bertz CT molecular complexity index is 810. The van der Waals surface area contributed by atoms with E-state index in [2.05, 4.69) is 10.2 Å². The second-order valence-electron chi connectivity index (χ2n) is 4.76. The number of ether oxygens (including phenoxy) is 2. The van der Waals surface area contributed by atoms with Gasteiger partial charge < -0.3 is 13.9 Å². The van der Waals surface area contributed by atoms with Gasteiger partial charge in [0.2, 0.25) is 11.8 Å². The van der Waals surface area contributed by atoms with E-state index in [1.54, 1.807) is 20.3 Å². The molecule has 0 fully saturated rings. The van der Waals surface area contributed by atoms with Crippen LogP contribution in [0.2, 0.25) is 0 Å². The summed E-state index contributed by atoms with van der Waals surface area (Å²) in [6.07, 6.45) is 3.64. The number of hydrogen-bond acceptors (Lipinski definition) is 5. The Kier molecular flexibility index (Phi) is 4.38. The predicted molar refractivity (Wildman–Crippen MR) is 88.2 cm³/mol. The predicted octanol–water partition coefficient (Wildman–Crippen LogP) is 3.92. The summed E-state index contributed by atoms with van der Waals surface area (Å²) in [4.78, 5) is 0. The van der Waals surface area contributed by atoms with Gasteiger partial charge in [-0.15, -0.1) is 10.2 Å². The first-order chi connectivity index (χ1) is 11.3. The number of rotatable bonds is 5. The van der Waals surface area contributed by atoms with Crippen molar-refractivity contribution in [2.75, 3.05) is 14.2 Å². The summed E-state index contributed by atoms with van der Waals surface area (Å²) >= 11 is 0. The highest BCUT2D eigenvalue weighted by Gasteiger charge is 2.06. The molecule has 3 aromatic rings. The zero-order valence-electron chi connectivity index (χ0n) is 12.9. The second kappa shape index (κ2) is 6.79. The van der Waals surface area contributed by atoms with Gasteiger partial charge in [0, 0.05) is 11.6 Å². The van der Waals surface area contributed by atoms with Crippen molar-refractivity contribution < 1.29 is 13.9 Å². The molecule has 0 aliphatic rings. The standard InChI is InChI=1S/C18H16N2O3/c1-21-15-10-8-13(12-16(15)22-2)9-11-17-19-20-18(23-17)14-6-4-3-5-7-14/h3-12H,1-2H3/b11-9+. The van der Waals surface area contributed by atoms with E-state index in [0.29, 0.717) is 23.3 Å². The highest BCUT2D eigenvalue weighted by molar-refractivity contribution is 5.68. The Balaban J connectivity index is 1.80. The van der Waals surface area contributed by atoms with E-state index >= 15 is 0 Å². The van der Waals surface area contributed by atoms with Crippen molar-refractivity contribution in [1.29, 1.82) is 0 Å². The van der Waals surface area contributed by atoms with Gasteiger partial charge in [0.25, 0.3) is 0 Å². The van der Waals surface area contributed by atoms with Crippen LogP contribution in [-0.4, -0.2) is 24.4 Å². The van der Waals surface area contributed by atoms with Crippen LogP contribution in [0.15, 0.2) is 52.9 Å². The molecule has 5 heteroatoms. The van der Waals surface area contributed by atoms with Crippen molar-refractivity contribution in [2.45, 2.75) is 0 Å². The lowest BCUT2D eigenvalue weighted by Gasteiger charge is -2.07. The van der Waals surface area contributed by atoms with Crippen LogP contribution in [0.5, 0.6) is 11.5 Å². The zero-order valence-corrected chi connectivity index (χ0v) is 12.9. The van der Waals surface area contributed by atoms with Gasteiger partial charge in [-0.1, -0.05) is 24.3 Å². The van der Waals surface area contributed by atoms with Crippen molar-refractivity contribution in [2.24, 2.45) is 0 Å². The Morgan fingerprint density at radius 3 is 2.39 bits per heavy atom. The van der Waals surface area contributed by atoms with Crippen LogP contribution in [0.25, 0.3) is 23.6 Å². The topological polar surface area (TPSA) is 57.4 Å². The monoisotopic (exact) mass is 308 g/mol. The fraction of sp³-hybridized carbons (Fsp3) is 0.111. The van der Waals surface area contributed by atoms with E-state index < -0.39 is 0 Å². The van der Waals surface area contributed by atoms with Crippen LogP contribution in [0.4, 0.5) is 0 Å². The van der Waals surface area contributed by atoms with E-state index in [0.717, 1.165) is 11.1 Å². The van der Waals surface area contributed by atoms with Crippen molar-refractivity contribution in [3.05, 3.63) is 60.0 Å². The highest BCUT2D eigenvalue weighted by Crippen LogP contribution is 2.28. The summed E-state index contributed by atoms with van der Waals surface area (Å²) in [6, 6.07) is 15.3. The van der Waals surface area contributed by atoms with E-state index in [4.69, 9.17) is 13.9 Å². The maximum absolute atomic E-state index is 5.63. The van der Waals surface area contributed by atoms with Gasteiger partial charge in [-0.3, -0.25) is 0 Å². The molecule has 0 aliphatic heterocycles. The minimum atomic E-state index is 0.443. The van der Waals surface area contributed by atoms with E-state index in [1.807, 2.05) is 54.6 Å². The summed E-state index contributed by atoms with van der Waals surface area (Å²) in [5, 5.41) is 8.07. The summed E-state index contributed by atoms with van der Waals surface area (Å²) in [5.74, 6) is 2.30. The molecule has 0 unspecified atom stereocenters. The first-order valence-electron chi connectivity index (χ1n) is 7.09. The highest BCUT2D eigenvalue weighted by atomic mass is 16.5. The van der Waals surface area contributed by atoms with Gasteiger partial charge >= 0.3 is 0 Å². The molecule has 23 heavy (non-hydrogen) atoms. The third-order valence-corrected chi connectivity index (χ3v) is 3.29. The van der Waals surface area contributed by atoms with E-state index in [-0.39, 0.29) is 0 Å². The average Bonchev–Trinajstić information content (AvgIpc) is 3.09. The normalized spacial score (nSPS) is 10.9. The number of methoxy groups -OCH3 is 2. The SMILES string of the molecule is COc1ccc(/C=C/c2nnc(-c3ccccc3)o2)cc1OC. The van der Waals surface area contributed by atoms with Crippen molar-refractivity contribution in [3.8, 4) is 23.0 Å². The van der Waals surface area contributed by atoms with Crippen LogP contribution in [0.1, 0.15) is 11.5 Å². The van der Waals surface area contributed by atoms with Gasteiger partial charge in [-0.05, 0) is 35.9 Å². The summed E-state index contributed by atoms with van der Waals surface area (Å²) < 4.78 is 16.1. The Labute approximate surface area is 134 Å². The van der Waals surface area contributed by atoms with E-state index in [9.17, 15) is 0 Å². The molecule has 0 atom stereocenters. The van der Waals surface area contributed by atoms with Gasteiger partial charge in [0.15, 0.2) is 11.5 Å². The molecule has 2 aromatic carbocycles. The summed E-state index contributed by atoms with van der Waals surface area (Å²) in [7, 11) is 3.21. The Morgan fingerprint density at radius 1 is 0.870 bits per heavy atom. The smallest absolute Gasteiger partial charge is 0.248 e. The third kappa shape index (κ3) is 3.40. The molecule has 5 nitrogen and oxygen atoms in total. The fourth-order valence-corrected chi connectivity index (χ4v) is 2.12. The zero-order chi connectivity index (χ0) is 16.1. The minimum absolute atomic E-state index is 0.443. The van der Waals surface area contributed by atoms with Gasteiger partial charge in [0.05, 0.1) is 14.2 Å². The van der Waals surface area contributed by atoms with Crippen molar-refractivity contribution >= 4 is 12.2 Å². The number of hydrogen-bond donors (Lipinski definition) is 0. The van der Waals surface area contributed by atoms with E-state index in [1.165, 1.54) is 0 Å². The molecule has 0 saturated carbocycles. The molecule has 1 heterocycles. The van der Waals surface area contributed by atoms with Gasteiger partial charge in [-0.25, -0.2) is 0 Å². The molecule has 0 radical (unpaired) electrons. The maximum Gasteiger partial charge on any atom is 0.248 e. The third-order valence-electron chi connectivity index (χ3n) is 3.29. The minimum Gasteiger partial charge on any atom is -0.493 e. The first-order valence-corrected chi connectivity index (χ1v) is 7.09. The lowest BCUT2D eigenvalue weighted by molar-refractivity contribution is 0.355. The first kappa shape index (κ1) is 14.8. The van der Waals surface area contributed by atoms with Crippen LogP contribution >= 0.6 is 0 Å². The lowest BCUT2D eigenvalue weighted by atomic mass is 10.2. The van der Waals surface area contributed by atoms with Crippen LogP contribution in [0, 0.1) is 0 Å². The molecule has 3 rings (SSSR count). The number of benzene rings is 2. The van der Waals surface area contributed by atoms with Crippen LogP contribution < -0.4 is 9.47 Å². The number of nitrogens with zero attached hydrogens (tertiary/aromatic N) is 2. The molecular weight excluding hydrogens is 292 g/mol. The molecular formula is C18H16N2O3. The van der Waals surface area contributed by atoms with Crippen molar-refractivity contribution in [1.82, 2.24) is 10.2 Å². The molecule has 0 spiro atoms. The average molecular weight is 308 g/mol. The maximum atomic E-state index is 5.63. The molecule has 0 amide bonds. The Hall–Kier alpha value is -3.08. The van der Waals surface area contributed by atoms with Gasteiger partial charge in [-0.2, -0.15) is 0 Å². The van der Waals surface area contributed by atoms with Gasteiger partial charge in [0.1, 0.15) is 0 Å². The molecule has 0 N–H and O–H groups in total. The van der Waals surface area contributed by atoms with Crippen LogP contribution in [-0.2, 0) is 0 Å². The molecule has 1 aromatic heterocycles. The molecule has 116 valence electrons. The van der Waals surface area contributed by atoms with Crippen LogP contribution in [0.3, 0.4) is 0 Å². The summed E-state index contributed by atoms with van der Waals surface area (Å²) in [5.41, 5.74) is 1.84.